The molecule has 2 heterocycles. The highest BCUT2D eigenvalue weighted by atomic mass is 32.1. The van der Waals surface area contributed by atoms with Crippen LogP contribution in [0, 0.1) is 0 Å². The summed E-state index contributed by atoms with van der Waals surface area (Å²) in [7, 11) is 1.62. The minimum atomic E-state index is -0.194. The topological polar surface area (TPSA) is 93.2 Å². The number of hydrogen-bond acceptors (Lipinski definition) is 6. The highest BCUT2D eigenvalue weighted by molar-refractivity contribution is 7.13. The number of rotatable bonds is 8. The lowest BCUT2D eigenvalue weighted by atomic mass is 10.2. The number of nitrogens with one attached hydrogen (secondary N) is 2. The van der Waals surface area contributed by atoms with Crippen molar-refractivity contribution in [3.05, 3.63) is 65.4 Å². The van der Waals surface area contributed by atoms with E-state index in [4.69, 9.17) is 4.74 Å². The molecular weight excluding hydrogens is 376 g/mol. The number of thiazole rings is 1. The maximum atomic E-state index is 12.1. The summed E-state index contributed by atoms with van der Waals surface area (Å²) < 4.78 is 5.15. The first kappa shape index (κ1) is 19.5. The summed E-state index contributed by atoms with van der Waals surface area (Å²) in [6.45, 7) is 0.701. The van der Waals surface area contributed by atoms with Gasteiger partial charge in [-0.25, -0.2) is 4.98 Å². The Balaban J connectivity index is 1.42. The number of pyridine rings is 1. The molecule has 0 fully saturated rings. The Kier molecular flexibility index (Phi) is 6.69. The zero-order valence-corrected chi connectivity index (χ0v) is 16.2. The van der Waals surface area contributed by atoms with E-state index in [2.05, 4.69) is 20.6 Å². The number of methoxy groups -OCH3 is 1. The van der Waals surface area contributed by atoms with Crippen LogP contribution in [0.1, 0.15) is 16.1 Å². The number of carbonyl (C=O) groups is 2. The number of carbonyl (C=O) groups excluding carboxylic acids is 2. The van der Waals surface area contributed by atoms with Crippen LogP contribution in [0.15, 0.2) is 54.2 Å². The number of aromatic nitrogens is 2. The van der Waals surface area contributed by atoms with Crippen molar-refractivity contribution in [2.75, 3.05) is 20.2 Å². The molecular formula is C20H20N4O3S. The Hall–Kier alpha value is -3.26. The maximum Gasteiger partial charge on any atom is 0.251 e. The number of ether oxygens (including phenoxy) is 1. The Labute approximate surface area is 166 Å². The van der Waals surface area contributed by atoms with Gasteiger partial charge in [0, 0.05) is 42.0 Å². The van der Waals surface area contributed by atoms with Crippen LogP contribution in [0.4, 0.5) is 0 Å². The van der Waals surface area contributed by atoms with Gasteiger partial charge in [0.2, 0.25) is 5.91 Å². The van der Waals surface area contributed by atoms with Gasteiger partial charge < -0.3 is 15.4 Å². The van der Waals surface area contributed by atoms with Crippen molar-refractivity contribution in [3.63, 3.8) is 0 Å². The lowest BCUT2D eigenvalue weighted by molar-refractivity contribution is -0.120. The Morgan fingerprint density at radius 3 is 2.46 bits per heavy atom. The second-order valence-electron chi connectivity index (χ2n) is 5.89. The molecule has 0 aliphatic heterocycles. The van der Waals surface area contributed by atoms with E-state index in [1.807, 2.05) is 29.6 Å². The fourth-order valence-electron chi connectivity index (χ4n) is 2.46. The molecule has 28 heavy (non-hydrogen) atoms. The van der Waals surface area contributed by atoms with Gasteiger partial charge in [-0.2, -0.15) is 0 Å². The summed E-state index contributed by atoms with van der Waals surface area (Å²) in [5.41, 5.74) is 2.24. The summed E-state index contributed by atoms with van der Waals surface area (Å²) in [4.78, 5) is 32.3. The van der Waals surface area contributed by atoms with Crippen LogP contribution in [0.5, 0.6) is 5.75 Å². The maximum absolute atomic E-state index is 12.1. The average Bonchev–Trinajstić information content (AvgIpc) is 3.20. The molecule has 0 unspecified atom stereocenters. The van der Waals surface area contributed by atoms with Crippen LogP contribution in [0.2, 0.25) is 0 Å². The summed E-state index contributed by atoms with van der Waals surface area (Å²) in [6, 6.07) is 10.9. The summed E-state index contributed by atoms with van der Waals surface area (Å²) in [6.07, 6.45) is 3.32. The molecule has 2 aromatic heterocycles. The molecule has 2 amide bonds. The van der Waals surface area contributed by atoms with Gasteiger partial charge in [-0.3, -0.25) is 14.6 Å². The van der Waals surface area contributed by atoms with Gasteiger partial charge in [-0.1, -0.05) is 0 Å². The number of hydrogen-bond donors (Lipinski definition) is 2. The lowest BCUT2D eigenvalue weighted by Gasteiger charge is -2.06. The molecule has 0 saturated heterocycles. The van der Waals surface area contributed by atoms with Gasteiger partial charge in [0.1, 0.15) is 10.8 Å². The number of nitrogens with zero attached hydrogens (tertiary/aromatic N) is 2. The van der Waals surface area contributed by atoms with Crippen molar-refractivity contribution in [1.82, 2.24) is 20.6 Å². The molecule has 1 aromatic carbocycles. The highest BCUT2D eigenvalue weighted by Crippen LogP contribution is 2.25. The number of benzene rings is 1. The SMILES string of the molecule is COc1ccc(-c2nc(CC(=O)NCCNC(=O)c3ccncc3)cs2)cc1. The fourth-order valence-corrected chi connectivity index (χ4v) is 3.29. The molecule has 0 spiro atoms. The lowest BCUT2D eigenvalue weighted by Crippen LogP contribution is -2.35. The van der Waals surface area contributed by atoms with E-state index in [1.165, 1.54) is 11.3 Å². The van der Waals surface area contributed by atoms with E-state index in [0.29, 0.717) is 24.3 Å². The molecule has 0 saturated carbocycles. The summed E-state index contributed by atoms with van der Waals surface area (Å²) in [5.74, 6) is 0.459. The van der Waals surface area contributed by atoms with E-state index in [9.17, 15) is 9.59 Å². The smallest absolute Gasteiger partial charge is 0.251 e. The van der Waals surface area contributed by atoms with E-state index in [1.54, 1.807) is 31.6 Å². The van der Waals surface area contributed by atoms with Crippen LogP contribution in [-0.2, 0) is 11.2 Å². The van der Waals surface area contributed by atoms with Crippen molar-refractivity contribution >= 4 is 23.2 Å². The van der Waals surface area contributed by atoms with Crippen molar-refractivity contribution < 1.29 is 14.3 Å². The van der Waals surface area contributed by atoms with Crippen LogP contribution in [-0.4, -0.2) is 42.0 Å². The molecule has 0 aliphatic rings. The molecule has 3 rings (SSSR count). The minimum absolute atomic E-state index is 0.134. The Morgan fingerprint density at radius 1 is 1.04 bits per heavy atom. The van der Waals surface area contributed by atoms with Gasteiger partial charge in [-0.05, 0) is 36.4 Å². The van der Waals surface area contributed by atoms with Gasteiger partial charge in [0.25, 0.3) is 5.91 Å². The highest BCUT2D eigenvalue weighted by Gasteiger charge is 2.09. The molecule has 8 heteroatoms. The third-order valence-corrected chi connectivity index (χ3v) is 4.85. The molecule has 0 radical (unpaired) electrons. The Morgan fingerprint density at radius 2 is 1.75 bits per heavy atom. The van der Waals surface area contributed by atoms with Gasteiger partial charge in [0.15, 0.2) is 0 Å². The van der Waals surface area contributed by atoms with Crippen molar-refractivity contribution in [2.45, 2.75) is 6.42 Å². The quantitative estimate of drug-likeness (QED) is 0.570. The first-order valence-corrected chi connectivity index (χ1v) is 9.57. The zero-order chi connectivity index (χ0) is 19.8. The summed E-state index contributed by atoms with van der Waals surface area (Å²) >= 11 is 1.49. The van der Waals surface area contributed by atoms with Crippen molar-refractivity contribution in [2.24, 2.45) is 0 Å². The van der Waals surface area contributed by atoms with E-state index >= 15 is 0 Å². The first-order valence-electron chi connectivity index (χ1n) is 8.69. The van der Waals surface area contributed by atoms with Gasteiger partial charge >= 0.3 is 0 Å². The third kappa shape index (κ3) is 5.37. The van der Waals surface area contributed by atoms with Crippen LogP contribution in [0.25, 0.3) is 10.6 Å². The monoisotopic (exact) mass is 396 g/mol. The van der Waals surface area contributed by atoms with Crippen LogP contribution < -0.4 is 15.4 Å². The van der Waals surface area contributed by atoms with E-state index in [-0.39, 0.29) is 18.2 Å². The Bertz CT molecular complexity index is 926. The molecule has 0 bridgehead atoms. The van der Waals surface area contributed by atoms with Crippen LogP contribution >= 0.6 is 11.3 Å². The van der Waals surface area contributed by atoms with Gasteiger partial charge in [0.05, 0.1) is 19.2 Å². The van der Waals surface area contributed by atoms with Crippen LogP contribution in [0.3, 0.4) is 0 Å². The van der Waals surface area contributed by atoms with Crippen molar-refractivity contribution in [1.29, 1.82) is 0 Å². The molecule has 144 valence electrons. The third-order valence-electron chi connectivity index (χ3n) is 3.91. The molecule has 3 aromatic rings. The second kappa shape index (κ2) is 9.61. The average molecular weight is 396 g/mol. The van der Waals surface area contributed by atoms with Gasteiger partial charge in [-0.15, -0.1) is 11.3 Å². The normalized spacial score (nSPS) is 10.3. The largest absolute Gasteiger partial charge is 0.497 e. The second-order valence-corrected chi connectivity index (χ2v) is 6.75. The molecule has 0 atom stereocenters. The molecule has 7 nitrogen and oxygen atoms in total. The zero-order valence-electron chi connectivity index (χ0n) is 15.3. The van der Waals surface area contributed by atoms with E-state index < -0.39 is 0 Å². The number of amides is 2. The predicted octanol–water partition coefficient (Wildman–Crippen LogP) is 2.30. The predicted molar refractivity (Wildman–Crippen MR) is 107 cm³/mol. The minimum Gasteiger partial charge on any atom is -0.497 e. The van der Waals surface area contributed by atoms with E-state index in [0.717, 1.165) is 16.3 Å². The summed E-state index contributed by atoms with van der Waals surface area (Å²) in [5, 5.41) is 8.27. The fraction of sp³-hybridized carbons (Fsp3) is 0.200. The first-order chi connectivity index (χ1) is 13.7. The van der Waals surface area contributed by atoms with Crippen molar-refractivity contribution in [3.8, 4) is 16.3 Å². The molecule has 0 aliphatic carbocycles. The standard InChI is InChI=1S/C20H20N4O3S/c1-27-17-4-2-15(3-5-17)20-24-16(13-28-20)12-18(25)22-10-11-23-19(26)14-6-8-21-9-7-14/h2-9,13H,10-12H2,1H3,(H,22,25)(H,23,26). The molecule has 2 N–H and O–H groups in total.